The van der Waals surface area contributed by atoms with Gasteiger partial charge in [0.15, 0.2) is 0 Å². The minimum absolute atomic E-state index is 0.134. The molecule has 1 amide bonds. The largest absolute Gasteiger partial charge is 0.399 e. The molecule has 2 aromatic rings. The Labute approximate surface area is 136 Å². The molecule has 2 aromatic carbocycles. The van der Waals surface area contributed by atoms with Crippen LogP contribution in [0.4, 0.5) is 17.1 Å². The number of nitrogens with zero attached hydrogens (tertiary/aromatic N) is 1. The van der Waals surface area contributed by atoms with Gasteiger partial charge in [-0.05, 0) is 37.3 Å². The van der Waals surface area contributed by atoms with Crippen LogP contribution >= 0.6 is 0 Å². The van der Waals surface area contributed by atoms with Crippen LogP contribution in [0.2, 0.25) is 0 Å². The summed E-state index contributed by atoms with van der Waals surface area (Å²) in [7, 11) is 0. The summed E-state index contributed by atoms with van der Waals surface area (Å²) in [5.74, 6) is -0.134. The van der Waals surface area contributed by atoms with Crippen molar-refractivity contribution in [2.24, 2.45) is 0 Å². The van der Waals surface area contributed by atoms with Gasteiger partial charge in [0.2, 0.25) is 0 Å². The number of nitrogen functional groups attached to an aromatic ring is 1. The number of rotatable bonds is 3. The number of nitrogens with one attached hydrogen (secondary N) is 1. The average Bonchev–Trinajstić information content (AvgIpc) is 2.56. The normalized spacial score (nSPS) is 14.6. The van der Waals surface area contributed by atoms with Crippen LogP contribution in [0.15, 0.2) is 42.5 Å². The predicted molar refractivity (Wildman–Crippen MR) is 93.0 cm³/mol. The molecule has 1 aliphatic rings. The fraction of sp³-hybridized carbons (Fsp3) is 0.278. The van der Waals surface area contributed by atoms with E-state index in [2.05, 4.69) is 10.2 Å². The summed E-state index contributed by atoms with van der Waals surface area (Å²) in [5.41, 5.74) is 9.99. The number of nitrogens with two attached hydrogens (primary N) is 1. The minimum atomic E-state index is -0.134. The molecule has 3 N–H and O–H groups in total. The second kappa shape index (κ2) is 6.71. The van der Waals surface area contributed by atoms with E-state index in [0.29, 0.717) is 24.5 Å². The smallest absolute Gasteiger partial charge is 0.255 e. The number of amides is 1. The van der Waals surface area contributed by atoms with Crippen molar-refractivity contribution >= 4 is 23.0 Å². The molecule has 0 spiro atoms. The summed E-state index contributed by atoms with van der Waals surface area (Å²) >= 11 is 0. The second-order valence-corrected chi connectivity index (χ2v) is 5.70. The first-order chi connectivity index (χ1) is 11.1. The third kappa shape index (κ3) is 3.63. The molecule has 0 radical (unpaired) electrons. The zero-order valence-electron chi connectivity index (χ0n) is 13.2. The molecule has 0 unspecified atom stereocenters. The molecular weight excluding hydrogens is 290 g/mol. The van der Waals surface area contributed by atoms with Crippen LogP contribution in [0, 0.1) is 6.92 Å². The molecule has 1 saturated heterocycles. The van der Waals surface area contributed by atoms with Crippen molar-refractivity contribution in [1.82, 2.24) is 0 Å². The zero-order valence-corrected chi connectivity index (χ0v) is 13.2. The fourth-order valence-corrected chi connectivity index (χ4v) is 2.63. The molecular formula is C18H21N3O2. The standard InChI is InChI=1S/C18H21N3O2/c1-13-2-4-14(5-3-13)18(22)20-16-12-15(19)6-7-17(16)21-8-10-23-11-9-21/h2-7,12H,8-11,19H2,1H3,(H,20,22). The molecule has 23 heavy (non-hydrogen) atoms. The van der Waals surface area contributed by atoms with Crippen molar-refractivity contribution in [3.05, 3.63) is 53.6 Å². The van der Waals surface area contributed by atoms with E-state index in [-0.39, 0.29) is 5.91 Å². The first-order valence-electron chi connectivity index (χ1n) is 7.74. The van der Waals surface area contributed by atoms with E-state index in [1.165, 1.54) is 0 Å². The van der Waals surface area contributed by atoms with Gasteiger partial charge in [-0.1, -0.05) is 17.7 Å². The minimum Gasteiger partial charge on any atom is -0.399 e. The second-order valence-electron chi connectivity index (χ2n) is 5.70. The Balaban J connectivity index is 1.84. The summed E-state index contributed by atoms with van der Waals surface area (Å²) in [4.78, 5) is 14.7. The van der Waals surface area contributed by atoms with E-state index in [9.17, 15) is 4.79 Å². The zero-order chi connectivity index (χ0) is 16.2. The van der Waals surface area contributed by atoms with Crippen LogP contribution in [-0.4, -0.2) is 32.2 Å². The van der Waals surface area contributed by atoms with Crippen LogP contribution in [0.5, 0.6) is 0 Å². The lowest BCUT2D eigenvalue weighted by atomic mass is 10.1. The van der Waals surface area contributed by atoms with Gasteiger partial charge in [0.05, 0.1) is 24.6 Å². The number of carbonyl (C=O) groups excluding carboxylic acids is 1. The molecule has 1 aliphatic heterocycles. The quantitative estimate of drug-likeness (QED) is 0.855. The number of benzene rings is 2. The molecule has 120 valence electrons. The number of carbonyl (C=O) groups is 1. The highest BCUT2D eigenvalue weighted by Crippen LogP contribution is 2.29. The monoisotopic (exact) mass is 311 g/mol. The van der Waals surface area contributed by atoms with Gasteiger partial charge in [-0.2, -0.15) is 0 Å². The van der Waals surface area contributed by atoms with Gasteiger partial charge in [0, 0.05) is 24.3 Å². The first-order valence-corrected chi connectivity index (χ1v) is 7.74. The molecule has 0 aliphatic carbocycles. The number of morpholine rings is 1. The number of hydrogen-bond donors (Lipinski definition) is 2. The van der Waals surface area contributed by atoms with Gasteiger partial charge in [0.25, 0.3) is 5.91 Å². The van der Waals surface area contributed by atoms with Crippen LogP contribution in [0.3, 0.4) is 0 Å². The highest BCUT2D eigenvalue weighted by Gasteiger charge is 2.17. The molecule has 1 fully saturated rings. The van der Waals surface area contributed by atoms with Crippen molar-refractivity contribution < 1.29 is 9.53 Å². The van der Waals surface area contributed by atoms with Gasteiger partial charge in [-0.25, -0.2) is 0 Å². The Kier molecular flexibility index (Phi) is 4.48. The third-order valence-electron chi connectivity index (χ3n) is 3.93. The fourth-order valence-electron chi connectivity index (χ4n) is 2.63. The van der Waals surface area contributed by atoms with Gasteiger partial charge < -0.3 is 20.7 Å². The summed E-state index contributed by atoms with van der Waals surface area (Å²) in [5, 5.41) is 2.98. The van der Waals surface area contributed by atoms with Crippen LogP contribution < -0.4 is 16.0 Å². The average molecular weight is 311 g/mol. The molecule has 5 heteroatoms. The van der Waals surface area contributed by atoms with Gasteiger partial charge >= 0.3 is 0 Å². The number of hydrogen-bond acceptors (Lipinski definition) is 4. The van der Waals surface area contributed by atoms with E-state index >= 15 is 0 Å². The lowest BCUT2D eigenvalue weighted by Gasteiger charge is -2.30. The Morgan fingerprint density at radius 2 is 1.83 bits per heavy atom. The Bertz CT molecular complexity index is 692. The van der Waals surface area contributed by atoms with Gasteiger partial charge in [-0.3, -0.25) is 4.79 Å². The van der Waals surface area contributed by atoms with Crippen molar-refractivity contribution in [1.29, 1.82) is 0 Å². The third-order valence-corrected chi connectivity index (χ3v) is 3.93. The predicted octanol–water partition coefficient (Wildman–Crippen LogP) is 2.67. The van der Waals surface area contributed by atoms with Crippen LogP contribution in [0.25, 0.3) is 0 Å². The number of aryl methyl sites for hydroxylation is 1. The van der Waals surface area contributed by atoms with Gasteiger partial charge in [0.1, 0.15) is 0 Å². The van der Waals surface area contributed by atoms with E-state index < -0.39 is 0 Å². The summed E-state index contributed by atoms with van der Waals surface area (Å²) in [6.45, 7) is 4.98. The van der Waals surface area contributed by atoms with E-state index in [0.717, 1.165) is 30.0 Å². The summed E-state index contributed by atoms with van der Waals surface area (Å²) in [6, 6.07) is 13.1. The maximum atomic E-state index is 12.5. The maximum absolute atomic E-state index is 12.5. The number of anilines is 3. The lowest BCUT2D eigenvalue weighted by Crippen LogP contribution is -2.36. The number of ether oxygens (including phenoxy) is 1. The van der Waals surface area contributed by atoms with Crippen LogP contribution in [0.1, 0.15) is 15.9 Å². The van der Waals surface area contributed by atoms with Crippen molar-refractivity contribution in [2.45, 2.75) is 6.92 Å². The molecule has 0 saturated carbocycles. The summed E-state index contributed by atoms with van der Waals surface area (Å²) in [6.07, 6.45) is 0. The van der Waals surface area contributed by atoms with Crippen molar-refractivity contribution in [3.8, 4) is 0 Å². The Morgan fingerprint density at radius 3 is 2.52 bits per heavy atom. The molecule has 1 heterocycles. The van der Waals surface area contributed by atoms with E-state index in [1.54, 1.807) is 6.07 Å². The molecule has 3 rings (SSSR count). The van der Waals surface area contributed by atoms with E-state index in [1.807, 2.05) is 43.3 Å². The topological polar surface area (TPSA) is 67.6 Å². The summed E-state index contributed by atoms with van der Waals surface area (Å²) < 4.78 is 5.39. The lowest BCUT2D eigenvalue weighted by molar-refractivity contribution is 0.102. The maximum Gasteiger partial charge on any atom is 0.255 e. The Morgan fingerprint density at radius 1 is 1.13 bits per heavy atom. The molecule has 5 nitrogen and oxygen atoms in total. The van der Waals surface area contributed by atoms with Crippen molar-refractivity contribution in [2.75, 3.05) is 42.3 Å². The highest BCUT2D eigenvalue weighted by molar-refractivity contribution is 6.06. The molecule has 0 bridgehead atoms. The first kappa shape index (κ1) is 15.4. The highest BCUT2D eigenvalue weighted by atomic mass is 16.5. The van der Waals surface area contributed by atoms with Gasteiger partial charge in [-0.15, -0.1) is 0 Å². The SMILES string of the molecule is Cc1ccc(C(=O)Nc2cc(N)ccc2N2CCOCC2)cc1. The molecule has 0 aromatic heterocycles. The van der Waals surface area contributed by atoms with Crippen molar-refractivity contribution in [3.63, 3.8) is 0 Å². The Hall–Kier alpha value is -2.53. The molecule has 0 atom stereocenters. The van der Waals surface area contributed by atoms with E-state index in [4.69, 9.17) is 10.5 Å². The van der Waals surface area contributed by atoms with Crippen LogP contribution in [-0.2, 0) is 4.74 Å².